The summed E-state index contributed by atoms with van der Waals surface area (Å²) >= 11 is 1.94. The fraction of sp³-hybridized carbons (Fsp3) is 0.381. The molecule has 3 aromatic rings. The van der Waals surface area contributed by atoms with Gasteiger partial charge in [-0.15, -0.1) is 11.3 Å². The van der Waals surface area contributed by atoms with Gasteiger partial charge in [-0.25, -0.2) is 0 Å². The van der Waals surface area contributed by atoms with Crippen molar-refractivity contribution in [1.29, 1.82) is 0 Å². The molecule has 0 N–H and O–H groups in total. The minimum atomic E-state index is 0.315. The number of benzene rings is 1. The third kappa shape index (κ3) is 3.34. The van der Waals surface area contributed by atoms with Crippen molar-refractivity contribution in [3.63, 3.8) is 0 Å². The van der Waals surface area contributed by atoms with E-state index in [1.807, 2.05) is 23.6 Å². The first-order valence-corrected chi connectivity index (χ1v) is 9.74. The van der Waals surface area contributed by atoms with Crippen molar-refractivity contribution in [3.05, 3.63) is 64.8 Å². The van der Waals surface area contributed by atoms with Gasteiger partial charge in [0.25, 0.3) is 0 Å². The number of hydrogen-bond acceptors (Lipinski definition) is 4. The molecular formula is C21H24N2OS. The second kappa shape index (κ2) is 7.24. The molecule has 3 nitrogen and oxygen atoms in total. The van der Waals surface area contributed by atoms with Crippen LogP contribution in [0.2, 0.25) is 0 Å². The summed E-state index contributed by atoms with van der Waals surface area (Å²) in [5.74, 6) is 0.315. The molecule has 0 bridgehead atoms. The van der Waals surface area contributed by atoms with E-state index in [9.17, 15) is 0 Å². The van der Waals surface area contributed by atoms with Crippen LogP contribution in [0.5, 0.6) is 0 Å². The first kappa shape index (κ1) is 16.7. The van der Waals surface area contributed by atoms with E-state index in [0.717, 1.165) is 31.7 Å². The van der Waals surface area contributed by atoms with Gasteiger partial charge in [0.1, 0.15) is 0 Å². The van der Waals surface area contributed by atoms with Gasteiger partial charge in [0.15, 0.2) is 0 Å². The Labute approximate surface area is 153 Å². The Morgan fingerprint density at radius 1 is 1.20 bits per heavy atom. The fourth-order valence-electron chi connectivity index (χ4n) is 3.67. The van der Waals surface area contributed by atoms with E-state index in [4.69, 9.17) is 4.74 Å². The molecule has 0 saturated carbocycles. The molecule has 25 heavy (non-hydrogen) atoms. The molecule has 1 fully saturated rings. The minimum Gasteiger partial charge on any atom is -0.379 e. The summed E-state index contributed by atoms with van der Waals surface area (Å²) < 4.78 is 6.77. The summed E-state index contributed by atoms with van der Waals surface area (Å²) in [6.07, 6.45) is 3.42. The summed E-state index contributed by atoms with van der Waals surface area (Å²) in [5, 5.41) is 1.39. The number of hydrogen-bond donors (Lipinski definition) is 0. The highest BCUT2D eigenvalue weighted by atomic mass is 32.1. The van der Waals surface area contributed by atoms with Crippen molar-refractivity contribution in [1.82, 2.24) is 9.88 Å². The monoisotopic (exact) mass is 352 g/mol. The lowest BCUT2D eigenvalue weighted by Crippen LogP contribution is -2.52. The average Bonchev–Trinajstić information content (AvgIpc) is 2.99. The van der Waals surface area contributed by atoms with Crippen LogP contribution in [0.4, 0.5) is 0 Å². The van der Waals surface area contributed by atoms with Crippen molar-refractivity contribution in [2.75, 3.05) is 26.7 Å². The number of pyridine rings is 1. The summed E-state index contributed by atoms with van der Waals surface area (Å²) in [7, 11) is 1.81. The summed E-state index contributed by atoms with van der Waals surface area (Å²) in [6.45, 7) is 5.51. The first-order valence-electron chi connectivity index (χ1n) is 8.92. The van der Waals surface area contributed by atoms with E-state index in [1.165, 1.54) is 20.5 Å². The van der Waals surface area contributed by atoms with E-state index in [1.54, 1.807) is 7.11 Å². The Hall–Kier alpha value is -1.75. The van der Waals surface area contributed by atoms with Gasteiger partial charge < -0.3 is 4.74 Å². The average molecular weight is 353 g/mol. The second-order valence-electron chi connectivity index (χ2n) is 6.78. The molecule has 0 radical (unpaired) electrons. The maximum Gasteiger partial charge on any atom is 0.0824 e. The zero-order valence-corrected chi connectivity index (χ0v) is 15.6. The van der Waals surface area contributed by atoms with E-state index >= 15 is 0 Å². The maximum absolute atomic E-state index is 5.39. The van der Waals surface area contributed by atoms with Crippen LogP contribution < -0.4 is 0 Å². The van der Waals surface area contributed by atoms with Crippen LogP contribution in [0, 0.1) is 0 Å². The molecule has 130 valence electrons. The van der Waals surface area contributed by atoms with E-state index in [0.29, 0.717) is 12.0 Å². The Balaban J connectivity index is 1.62. The van der Waals surface area contributed by atoms with Gasteiger partial charge in [-0.1, -0.05) is 31.2 Å². The van der Waals surface area contributed by atoms with Gasteiger partial charge in [-0.2, -0.15) is 0 Å². The molecule has 1 aromatic carbocycles. The molecule has 0 unspecified atom stereocenters. The van der Waals surface area contributed by atoms with E-state index in [2.05, 4.69) is 53.2 Å². The zero-order chi connectivity index (χ0) is 17.2. The van der Waals surface area contributed by atoms with E-state index < -0.39 is 0 Å². The molecule has 2 aromatic heterocycles. The number of ether oxygens (including phenoxy) is 1. The normalized spacial score (nSPS) is 16.9. The van der Waals surface area contributed by atoms with E-state index in [-0.39, 0.29) is 0 Å². The van der Waals surface area contributed by atoms with Crippen molar-refractivity contribution in [2.24, 2.45) is 0 Å². The third-order valence-electron chi connectivity index (χ3n) is 5.19. The molecule has 1 atom stereocenters. The highest BCUT2D eigenvalue weighted by molar-refractivity contribution is 7.19. The van der Waals surface area contributed by atoms with Crippen molar-refractivity contribution >= 4 is 21.4 Å². The number of thiophene rings is 1. The molecular weight excluding hydrogens is 328 g/mol. The topological polar surface area (TPSA) is 25.4 Å². The lowest BCUT2D eigenvalue weighted by molar-refractivity contribution is -0.0284. The molecule has 0 aliphatic carbocycles. The molecule has 4 rings (SSSR count). The maximum atomic E-state index is 5.39. The Morgan fingerprint density at radius 3 is 2.76 bits per heavy atom. The van der Waals surface area contributed by atoms with Crippen LogP contribution in [0.25, 0.3) is 10.1 Å². The second-order valence-corrected chi connectivity index (χ2v) is 7.92. The molecule has 4 heteroatoms. The summed E-state index contributed by atoms with van der Waals surface area (Å²) in [6, 6.07) is 15.0. The molecule has 0 amide bonds. The lowest BCUT2D eigenvalue weighted by atomic mass is 9.93. The van der Waals surface area contributed by atoms with Gasteiger partial charge in [-0.05, 0) is 35.6 Å². The van der Waals surface area contributed by atoms with Crippen LogP contribution in [-0.4, -0.2) is 42.7 Å². The highest BCUT2D eigenvalue weighted by Crippen LogP contribution is 2.38. The Morgan fingerprint density at radius 2 is 2.00 bits per heavy atom. The van der Waals surface area contributed by atoms with Crippen molar-refractivity contribution < 1.29 is 4.74 Å². The molecule has 1 saturated heterocycles. The predicted octanol–water partition coefficient (Wildman–Crippen LogP) is 4.32. The van der Waals surface area contributed by atoms with Gasteiger partial charge in [0, 0.05) is 54.1 Å². The summed E-state index contributed by atoms with van der Waals surface area (Å²) in [5.41, 5.74) is 2.61. The number of likely N-dealkylation sites (tertiary alicyclic amines) is 1. The largest absolute Gasteiger partial charge is 0.379 e. The molecule has 1 aliphatic rings. The van der Waals surface area contributed by atoms with Crippen molar-refractivity contribution in [2.45, 2.75) is 25.4 Å². The molecule has 1 aliphatic heterocycles. The van der Waals surface area contributed by atoms with Gasteiger partial charge >= 0.3 is 0 Å². The van der Waals surface area contributed by atoms with Gasteiger partial charge in [-0.3, -0.25) is 9.88 Å². The SMILES string of the molecule is COC1CN(CCc2sc3ccccc3c2[C@@H](C)c2ccccn2)C1. The van der Waals surface area contributed by atoms with Crippen LogP contribution in [0.1, 0.15) is 29.0 Å². The van der Waals surface area contributed by atoms with Crippen molar-refractivity contribution in [3.8, 4) is 0 Å². The van der Waals surface area contributed by atoms with Crippen LogP contribution in [0.3, 0.4) is 0 Å². The van der Waals surface area contributed by atoms with Crippen LogP contribution in [-0.2, 0) is 11.2 Å². The van der Waals surface area contributed by atoms with Crippen LogP contribution in [0.15, 0.2) is 48.7 Å². The smallest absolute Gasteiger partial charge is 0.0824 e. The molecule has 0 spiro atoms. The first-order chi connectivity index (χ1) is 12.3. The number of aromatic nitrogens is 1. The Kier molecular flexibility index (Phi) is 4.84. The third-order valence-corrected chi connectivity index (χ3v) is 6.43. The number of rotatable bonds is 6. The number of nitrogens with zero attached hydrogens (tertiary/aromatic N) is 2. The van der Waals surface area contributed by atoms with Gasteiger partial charge in [0.05, 0.1) is 6.10 Å². The lowest BCUT2D eigenvalue weighted by Gasteiger charge is -2.38. The predicted molar refractivity (Wildman–Crippen MR) is 105 cm³/mol. The quantitative estimate of drug-likeness (QED) is 0.660. The van der Waals surface area contributed by atoms with Gasteiger partial charge in [0.2, 0.25) is 0 Å². The summed E-state index contributed by atoms with van der Waals surface area (Å²) in [4.78, 5) is 8.58. The zero-order valence-electron chi connectivity index (χ0n) is 14.8. The number of methoxy groups -OCH3 is 1. The fourth-order valence-corrected chi connectivity index (χ4v) is 4.96. The number of fused-ring (bicyclic) bond motifs is 1. The highest BCUT2D eigenvalue weighted by Gasteiger charge is 2.27. The standard InChI is InChI=1S/C21H24N2OS/c1-15(18-8-5-6-11-22-18)21-17-7-3-4-9-19(17)25-20(21)10-12-23-13-16(14-23)24-2/h3-9,11,15-16H,10,12-14H2,1-2H3/t15-/m0/s1. The minimum absolute atomic E-state index is 0.315. The Bertz CT molecular complexity index is 839. The molecule has 3 heterocycles. The van der Waals surface area contributed by atoms with Crippen LogP contribution >= 0.6 is 11.3 Å².